The summed E-state index contributed by atoms with van der Waals surface area (Å²) in [4.78, 5) is 21.8. The smallest absolute Gasteiger partial charge is 0.343 e. The van der Waals surface area contributed by atoms with Crippen LogP contribution in [0.1, 0.15) is 5.69 Å². The largest absolute Gasteiger partial charge is 0.354 e. The van der Waals surface area contributed by atoms with Crippen molar-refractivity contribution in [3.8, 4) is 0 Å². The highest BCUT2D eigenvalue weighted by atomic mass is 16.7. The Morgan fingerprint density at radius 2 is 2.62 bits per heavy atom. The molecular weight excluding hydrogens is 174 g/mol. The SMILES string of the molecule is NNOC(=O)C(N)Cc1cnc[nH]1. The molecule has 0 radical (unpaired) electrons. The molecule has 1 heterocycles. The second kappa shape index (κ2) is 4.55. The predicted molar refractivity (Wildman–Crippen MR) is 43.7 cm³/mol. The minimum Gasteiger partial charge on any atom is -0.354 e. The second-order valence-corrected chi connectivity index (χ2v) is 2.43. The number of carbonyl (C=O) groups excluding carboxylic acids is 1. The van der Waals surface area contributed by atoms with Crippen LogP contribution >= 0.6 is 0 Å². The number of hydrogen-bond donors (Lipinski definition) is 4. The molecule has 0 aliphatic carbocycles. The fourth-order valence-corrected chi connectivity index (χ4v) is 0.850. The van der Waals surface area contributed by atoms with Crippen molar-refractivity contribution in [2.45, 2.75) is 12.5 Å². The number of imidazole rings is 1. The van der Waals surface area contributed by atoms with Crippen LogP contribution in [-0.4, -0.2) is 22.0 Å². The van der Waals surface area contributed by atoms with E-state index >= 15 is 0 Å². The molecule has 7 nitrogen and oxygen atoms in total. The van der Waals surface area contributed by atoms with E-state index in [1.807, 2.05) is 0 Å². The van der Waals surface area contributed by atoms with Crippen molar-refractivity contribution >= 4 is 5.97 Å². The summed E-state index contributed by atoms with van der Waals surface area (Å²) in [5, 5.41) is 0. The van der Waals surface area contributed by atoms with E-state index in [-0.39, 0.29) is 0 Å². The zero-order chi connectivity index (χ0) is 9.68. The molecule has 1 aromatic heterocycles. The normalized spacial score (nSPS) is 12.5. The molecule has 0 bridgehead atoms. The first-order valence-electron chi connectivity index (χ1n) is 3.63. The number of aromatic nitrogens is 2. The van der Waals surface area contributed by atoms with Crippen LogP contribution in [0.5, 0.6) is 0 Å². The van der Waals surface area contributed by atoms with E-state index in [4.69, 9.17) is 11.6 Å². The molecule has 0 aliphatic rings. The van der Waals surface area contributed by atoms with Crippen LogP contribution in [-0.2, 0) is 16.1 Å². The van der Waals surface area contributed by atoms with E-state index in [0.29, 0.717) is 6.42 Å². The Morgan fingerprint density at radius 1 is 1.85 bits per heavy atom. The first-order valence-corrected chi connectivity index (χ1v) is 3.63. The lowest BCUT2D eigenvalue weighted by atomic mass is 10.2. The van der Waals surface area contributed by atoms with Crippen LogP contribution in [0.3, 0.4) is 0 Å². The Hall–Kier alpha value is -1.44. The van der Waals surface area contributed by atoms with Crippen molar-refractivity contribution in [1.82, 2.24) is 15.6 Å². The van der Waals surface area contributed by atoms with E-state index in [1.54, 1.807) is 11.8 Å². The summed E-state index contributed by atoms with van der Waals surface area (Å²) in [5.41, 5.74) is 8.01. The topological polar surface area (TPSA) is 119 Å². The molecule has 13 heavy (non-hydrogen) atoms. The van der Waals surface area contributed by atoms with Gasteiger partial charge in [0.15, 0.2) is 0 Å². The molecule has 0 fully saturated rings. The average molecular weight is 185 g/mol. The Balaban J connectivity index is 2.41. The Labute approximate surface area is 74.4 Å². The molecule has 6 N–H and O–H groups in total. The Morgan fingerprint density at radius 3 is 3.15 bits per heavy atom. The van der Waals surface area contributed by atoms with Gasteiger partial charge in [-0.2, -0.15) is 0 Å². The third-order valence-corrected chi connectivity index (χ3v) is 1.46. The van der Waals surface area contributed by atoms with Gasteiger partial charge < -0.3 is 15.6 Å². The molecule has 1 atom stereocenters. The number of nitrogens with zero attached hydrogens (tertiary/aromatic N) is 1. The minimum atomic E-state index is -0.753. The fraction of sp³-hybridized carbons (Fsp3) is 0.333. The monoisotopic (exact) mass is 185 g/mol. The van der Waals surface area contributed by atoms with Crippen molar-refractivity contribution in [2.24, 2.45) is 11.6 Å². The number of aromatic amines is 1. The Bertz CT molecular complexity index is 260. The first kappa shape index (κ1) is 9.65. The van der Waals surface area contributed by atoms with Gasteiger partial charge in [-0.25, -0.2) is 15.6 Å². The highest BCUT2D eigenvalue weighted by Crippen LogP contribution is 1.96. The van der Waals surface area contributed by atoms with Gasteiger partial charge in [-0.15, -0.1) is 0 Å². The highest BCUT2D eigenvalue weighted by Gasteiger charge is 2.15. The molecule has 1 aromatic rings. The summed E-state index contributed by atoms with van der Waals surface area (Å²) in [6, 6.07) is -0.753. The van der Waals surface area contributed by atoms with Gasteiger partial charge in [0.25, 0.3) is 0 Å². The summed E-state index contributed by atoms with van der Waals surface area (Å²) in [6.45, 7) is 0. The lowest BCUT2D eigenvalue weighted by Crippen LogP contribution is -2.39. The van der Waals surface area contributed by atoms with Crippen molar-refractivity contribution in [2.75, 3.05) is 0 Å². The zero-order valence-electron chi connectivity index (χ0n) is 6.86. The van der Waals surface area contributed by atoms with Crippen LogP contribution in [0.25, 0.3) is 0 Å². The molecule has 7 heteroatoms. The van der Waals surface area contributed by atoms with Gasteiger partial charge in [-0.3, -0.25) is 0 Å². The molecule has 72 valence electrons. The quantitative estimate of drug-likeness (QED) is 0.324. The maximum absolute atomic E-state index is 10.9. The summed E-state index contributed by atoms with van der Waals surface area (Å²) in [5.74, 6) is 4.16. The molecule has 0 amide bonds. The number of nitrogens with one attached hydrogen (secondary N) is 2. The molecular formula is C6H11N5O2. The molecule has 0 aromatic carbocycles. The van der Waals surface area contributed by atoms with Gasteiger partial charge in [0.1, 0.15) is 6.04 Å². The number of carbonyl (C=O) groups is 1. The summed E-state index contributed by atoms with van der Waals surface area (Å²) in [6.07, 6.45) is 3.43. The van der Waals surface area contributed by atoms with Crippen molar-refractivity contribution < 1.29 is 9.63 Å². The second-order valence-electron chi connectivity index (χ2n) is 2.43. The van der Waals surface area contributed by atoms with Gasteiger partial charge in [-0.05, 0) is 0 Å². The van der Waals surface area contributed by atoms with Crippen molar-refractivity contribution in [3.05, 3.63) is 18.2 Å². The van der Waals surface area contributed by atoms with Crippen LogP contribution < -0.4 is 17.2 Å². The van der Waals surface area contributed by atoms with Gasteiger partial charge in [0, 0.05) is 18.3 Å². The molecule has 0 saturated carbocycles. The average Bonchev–Trinajstić information content (AvgIpc) is 2.57. The van der Waals surface area contributed by atoms with E-state index in [9.17, 15) is 4.79 Å². The van der Waals surface area contributed by atoms with E-state index < -0.39 is 12.0 Å². The summed E-state index contributed by atoms with van der Waals surface area (Å²) in [7, 11) is 0. The third kappa shape index (κ3) is 2.82. The van der Waals surface area contributed by atoms with Crippen LogP contribution in [0.2, 0.25) is 0 Å². The number of rotatable bonds is 4. The van der Waals surface area contributed by atoms with Crippen molar-refractivity contribution in [3.63, 3.8) is 0 Å². The molecule has 1 unspecified atom stereocenters. The molecule has 1 rings (SSSR count). The van der Waals surface area contributed by atoms with Crippen LogP contribution in [0, 0.1) is 0 Å². The minimum absolute atomic E-state index is 0.334. The van der Waals surface area contributed by atoms with Gasteiger partial charge in [0.2, 0.25) is 0 Å². The number of hydrazine groups is 1. The lowest BCUT2D eigenvalue weighted by molar-refractivity contribution is -0.152. The fourth-order valence-electron chi connectivity index (χ4n) is 0.850. The molecule has 0 spiro atoms. The number of nitrogens with two attached hydrogens (primary N) is 2. The van der Waals surface area contributed by atoms with Gasteiger partial charge in [-0.1, -0.05) is 5.59 Å². The maximum atomic E-state index is 10.9. The van der Waals surface area contributed by atoms with E-state index in [1.165, 1.54) is 6.33 Å². The number of H-pyrrole nitrogens is 1. The standard InChI is InChI=1S/C6H11N5O2/c7-5(6(12)13-11-8)1-4-2-9-3-10-4/h2-3,5,11H,1,7-8H2,(H,9,10). The van der Waals surface area contributed by atoms with E-state index in [0.717, 1.165) is 5.69 Å². The zero-order valence-corrected chi connectivity index (χ0v) is 6.86. The molecule has 0 saturated heterocycles. The molecule has 0 aliphatic heterocycles. The predicted octanol–water partition coefficient (Wildman–Crippen LogP) is -1.80. The Kier molecular flexibility index (Phi) is 3.38. The first-order chi connectivity index (χ1) is 6.24. The number of hydrogen-bond acceptors (Lipinski definition) is 6. The van der Waals surface area contributed by atoms with Gasteiger partial charge >= 0.3 is 5.97 Å². The third-order valence-electron chi connectivity index (χ3n) is 1.46. The van der Waals surface area contributed by atoms with E-state index in [2.05, 4.69) is 14.8 Å². The highest BCUT2D eigenvalue weighted by molar-refractivity contribution is 5.75. The maximum Gasteiger partial charge on any atom is 0.343 e. The summed E-state index contributed by atoms with van der Waals surface area (Å²) < 4.78 is 0. The van der Waals surface area contributed by atoms with Crippen LogP contribution in [0.4, 0.5) is 0 Å². The van der Waals surface area contributed by atoms with Crippen LogP contribution in [0.15, 0.2) is 12.5 Å². The summed E-state index contributed by atoms with van der Waals surface area (Å²) >= 11 is 0. The van der Waals surface area contributed by atoms with Crippen molar-refractivity contribution in [1.29, 1.82) is 0 Å². The van der Waals surface area contributed by atoms with Gasteiger partial charge in [0.05, 0.1) is 6.33 Å². The lowest BCUT2D eigenvalue weighted by Gasteiger charge is -2.07.